The lowest BCUT2D eigenvalue weighted by Gasteiger charge is -2.29. The number of hydrogen-bond donors (Lipinski definition) is 1. The second kappa shape index (κ2) is 8.19. The molecule has 1 nitrogen and oxygen atoms in total. The molecule has 106 valence electrons. The third-order valence-corrected chi connectivity index (χ3v) is 5.08. The average molecular weight is 251 g/mol. The minimum atomic E-state index is 0.835. The van der Waals surface area contributed by atoms with Gasteiger partial charge in [-0.15, -0.1) is 0 Å². The zero-order valence-electron chi connectivity index (χ0n) is 12.4. The van der Waals surface area contributed by atoms with Crippen LogP contribution in [0, 0.1) is 5.92 Å². The van der Waals surface area contributed by atoms with E-state index < -0.39 is 0 Å². The molecule has 1 heteroatoms. The van der Waals surface area contributed by atoms with E-state index in [9.17, 15) is 0 Å². The zero-order chi connectivity index (χ0) is 12.6. The summed E-state index contributed by atoms with van der Waals surface area (Å²) in [7, 11) is 0. The molecule has 0 bridgehead atoms. The summed E-state index contributed by atoms with van der Waals surface area (Å²) in [6.45, 7) is 2.43. The van der Waals surface area contributed by atoms with Crippen molar-refractivity contribution in [2.24, 2.45) is 5.92 Å². The van der Waals surface area contributed by atoms with Gasteiger partial charge in [-0.25, -0.2) is 0 Å². The summed E-state index contributed by atoms with van der Waals surface area (Å²) in [6, 6.07) is 1.68. The van der Waals surface area contributed by atoms with Gasteiger partial charge in [0, 0.05) is 12.1 Å². The van der Waals surface area contributed by atoms with Crippen molar-refractivity contribution < 1.29 is 0 Å². The van der Waals surface area contributed by atoms with Crippen molar-refractivity contribution in [3.05, 3.63) is 0 Å². The van der Waals surface area contributed by atoms with Crippen LogP contribution in [0.3, 0.4) is 0 Å². The van der Waals surface area contributed by atoms with Crippen LogP contribution in [0.1, 0.15) is 90.4 Å². The van der Waals surface area contributed by atoms with E-state index in [0.717, 1.165) is 18.0 Å². The first kappa shape index (κ1) is 14.4. The Morgan fingerprint density at radius 1 is 0.556 bits per heavy atom. The monoisotopic (exact) mass is 251 g/mol. The minimum absolute atomic E-state index is 0.835. The fourth-order valence-corrected chi connectivity index (χ4v) is 3.84. The van der Waals surface area contributed by atoms with E-state index in [2.05, 4.69) is 12.2 Å². The van der Waals surface area contributed by atoms with E-state index in [0.29, 0.717) is 0 Å². The number of rotatable bonds is 2. The molecule has 0 aromatic rings. The molecule has 0 unspecified atom stereocenters. The standard InChI is InChI=1S/C17H33N/c1-15-9-7-13-17(14-8-10-15)18-16-11-5-3-2-4-6-12-16/h15-18H,2-14H2,1H3. The van der Waals surface area contributed by atoms with Crippen LogP contribution >= 0.6 is 0 Å². The molecule has 0 heterocycles. The molecule has 0 aliphatic heterocycles. The van der Waals surface area contributed by atoms with Crippen molar-refractivity contribution in [2.75, 3.05) is 0 Å². The first-order valence-corrected chi connectivity index (χ1v) is 8.60. The summed E-state index contributed by atoms with van der Waals surface area (Å²) < 4.78 is 0. The highest BCUT2D eigenvalue weighted by Crippen LogP contribution is 2.24. The molecule has 18 heavy (non-hydrogen) atoms. The molecule has 0 aromatic carbocycles. The highest BCUT2D eigenvalue weighted by molar-refractivity contribution is 4.78. The smallest absolute Gasteiger partial charge is 0.00696 e. The summed E-state index contributed by atoms with van der Waals surface area (Å²) in [5.41, 5.74) is 0. The maximum Gasteiger partial charge on any atom is 0.00696 e. The van der Waals surface area contributed by atoms with E-state index in [1.54, 1.807) is 0 Å². The van der Waals surface area contributed by atoms with Gasteiger partial charge < -0.3 is 5.32 Å². The van der Waals surface area contributed by atoms with Gasteiger partial charge in [-0.1, -0.05) is 64.7 Å². The lowest BCUT2D eigenvalue weighted by atomic mass is 9.89. The maximum absolute atomic E-state index is 4.01. The third-order valence-electron chi connectivity index (χ3n) is 5.08. The van der Waals surface area contributed by atoms with Crippen LogP contribution in [0.25, 0.3) is 0 Å². The van der Waals surface area contributed by atoms with Crippen LogP contribution in [-0.2, 0) is 0 Å². The molecule has 0 radical (unpaired) electrons. The van der Waals surface area contributed by atoms with Crippen molar-refractivity contribution in [2.45, 2.75) is 102 Å². The summed E-state index contributed by atoms with van der Waals surface area (Å²) in [4.78, 5) is 0. The molecule has 2 aliphatic carbocycles. The van der Waals surface area contributed by atoms with E-state index in [1.807, 2.05) is 0 Å². The van der Waals surface area contributed by atoms with Crippen LogP contribution in [0.5, 0.6) is 0 Å². The maximum atomic E-state index is 4.01. The Balaban J connectivity index is 1.72. The lowest BCUT2D eigenvalue weighted by molar-refractivity contribution is 0.294. The van der Waals surface area contributed by atoms with Crippen LogP contribution in [0.2, 0.25) is 0 Å². The summed E-state index contributed by atoms with van der Waals surface area (Å²) in [5, 5.41) is 4.01. The zero-order valence-corrected chi connectivity index (χ0v) is 12.4. The molecule has 2 saturated carbocycles. The van der Waals surface area contributed by atoms with Gasteiger partial charge in [0.2, 0.25) is 0 Å². The van der Waals surface area contributed by atoms with Crippen LogP contribution in [-0.4, -0.2) is 12.1 Å². The summed E-state index contributed by atoms with van der Waals surface area (Å²) in [6.07, 6.45) is 18.9. The molecule has 2 rings (SSSR count). The van der Waals surface area contributed by atoms with Gasteiger partial charge in [0.05, 0.1) is 0 Å². The normalized spacial score (nSPS) is 33.2. The molecule has 1 N–H and O–H groups in total. The second-order valence-corrected chi connectivity index (χ2v) is 6.87. The lowest BCUT2D eigenvalue weighted by Crippen LogP contribution is -2.39. The van der Waals surface area contributed by atoms with Crippen molar-refractivity contribution in [3.8, 4) is 0 Å². The molecule has 0 spiro atoms. The molecule has 2 aliphatic rings. The fourth-order valence-electron chi connectivity index (χ4n) is 3.84. The minimum Gasteiger partial charge on any atom is -0.311 e. The van der Waals surface area contributed by atoms with Crippen molar-refractivity contribution in [3.63, 3.8) is 0 Å². The third kappa shape index (κ3) is 5.30. The van der Waals surface area contributed by atoms with Gasteiger partial charge in [0.15, 0.2) is 0 Å². The van der Waals surface area contributed by atoms with Gasteiger partial charge in [-0.3, -0.25) is 0 Å². The molecule has 0 saturated heterocycles. The highest BCUT2D eigenvalue weighted by Gasteiger charge is 2.18. The van der Waals surface area contributed by atoms with Crippen molar-refractivity contribution in [1.29, 1.82) is 0 Å². The van der Waals surface area contributed by atoms with Gasteiger partial charge >= 0.3 is 0 Å². The Hall–Kier alpha value is -0.0400. The predicted octanol–water partition coefficient (Wildman–Crippen LogP) is 5.05. The second-order valence-electron chi connectivity index (χ2n) is 6.87. The van der Waals surface area contributed by atoms with Crippen LogP contribution in [0.15, 0.2) is 0 Å². The molecule has 0 amide bonds. The van der Waals surface area contributed by atoms with Crippen molar-refractivity contribution >= 4 is 0 Å². The van der Waals surface area contributed by atoms with E-state index >= 15 is 0 Å². The largest absolute Gasteiger partial charge is 0.311 e. The molecule has 0 atom stereocenters. The Morgan fingerprint density at radius 3 is 1.56 bits per heavy atom. The Bertz CT molecular complexity index is 196. The molecular formula is C17H33N. The quantitative estimate of drug-likeness (QED) is 0.724. The first-order valence-electron chi connectivity index (χ1n) is 8.60. The average Bonchev–Trinajstić information content (AvgIpc) is 2.29. The van der Waals surface area contributed by atoms with Crippen LogP contribution < -0.4 is 5.32 Å². The van der Waals surface area contributed by atoms with Crippen LogP contribution in [0.4, 0.5) is 0 Å². The highest BCUT2D eigenvalue weighted by atomic mass is 14.9. The van der Waals surface area contributed by atoms with Gasteiger partial charge in [0.25, 0.3) is 0 Å². The van der Waals surface area contributed by atoms with Gasteiger partial charge in [0.1, 0.15) is 0 Å². The SMILES string of the molecule is CC1CCCC(NC2CCCCCCC2)CCC1. The van der Waals surface area contributed by atoms with E-state index in [-0.39, 0.29) is 0 Å². The Morgan fingerprint density at radius 2 is 1.00 bits per heavy atom. The number of nitrogens with one attached hydrogen (secondary N) is 1. The molecular weight excluding hydrogens is 218 g/mol. The van der Waals surface area contributed by atoms with Gasteiger partial charge in [-0.2, -0.15) is 0 Å². The van der Waals surface area contributed by atoms with E-state index in [4.69, 9.17) is 0 Å². The van der Waals surface area contributed by atoms with Gasteiger partial charge in [-0.05, 0) is 31.6 Å². The number of hydrogen-bond acceptors (Lipinski definition) is 1. The summed E-state index contributed by atoms with van der Waals surface area (Å²) in [5.74, 6) is 0.979. The fraction of sp³-hybridized carbons (Fsp3) is 1.00. The molecule has 0 aromatic heterocycles. The Labute approximate surface area is 114 Å². The Kier molecular flexibility index (Phi) is 6.54. The predicted molar refractivity (Wildman–Crippen MR) is 79.9 cm³/mol. The van der Waals surface area contributed by atoms with Crippen molar-refractivity contribution in [1.82, 2.24) is 5.32 Å². The van der Waals surface area contributed by atoms with E-state index in [1.165, 1.54) is 83.5 Å². The molecule has 2 fully saturated rings. The summed E-state index contributed by atoms with van der Waals surface area (Å²) >= 11 is 0. The topological polar surface area (TPSA) is 12.0 Å². The first-order chi connectivity index (χ1) is 8.84.